The summed E-state index contributed by atoms with van der Waals surface area (Å²) < 4.78 is 15.6. The Morgan fingerprint density at radius 3 is 2.81 bits per heavy atom. The van der Waals surface area contributed by atoms with Crippen molar-refractivity contribution in [3.63, 3.8) is 0 Å². The summed E-state index contributed by atoms with van der Waals surface area (Å²) in [6.07, 6.45) is 7.67. The summed E-state index contributed by atoms with van der Waals surface area (Å²) in [7, 11) is 0. The molecule has 1 amide bonds. The highest BCUT2D eigenvalue weighted by Gasteiger charge is 2.29. The zero-order valence-electron chi connectivity index (χ0n) is 13.8. The van der Waals surface area contributed by atoms with Gasteiger partial charge in [0.25, 0.3) is 0 Å². The smallest absolute Gasteiger partial charge is 0.249 e. The lowest BCUT2D eigenvalue weighted by Gasteiger charge is -2.07. The van der Waals surface area contributed by atoms with Gasteiger partial charge < -0.3 is 5.73 Å². The van der Waals surface area contributed by atoms with E-state index in [0.29, 0.717) is 22.2 Å². The standard InChI is InChI=1S/C20H15ClFN3O/c1-2-7-25-19-15(11-3-4-11)8-12(21)9-17(19)18(24-25)16-10-13(22)5-6-14(16)20(23)26/h1,5-6,8-11H,3-4,7H2,(H2,23,26). The molecule has 1 fully saturated rings. The first-order chi connectivity index (χ1) is 12.5. The number of rotatable bonds is 4. The van der Waals surface area contributed by atoms with Gasteiger partial charge in [0.05, 0.1) is 5.52 Å². The molecule has 0 bridgehead atoms. The van der Waals surface area contributed by atoms with Crippen LogP contribution in [0.2, 0.25) is 5.02 Å². The summed E-state index contributed by atoms with van der Waals surface area (Å²) in [4.78, 5) is 11.8. The van der Waals surface area contributed by atoms with Crippen molar-refractivity contribution in [2.75, 3.05) is 0 Å². The number of hydrogen-bond donors (Lipinski definition) is 1. The predicted molar refractivity (Wildman–Crippen MR) is 99.5 cm³/mol. The summed E-state index contributed by atoms with van der Waals surface area (Å²) >= 11 is 6.33. The van der Waals surface area contributed by atoms with Crippen LogP contribution in [0.25, 0.3) is 22.2 Å². The number of halogens is 2. The molecule has 0 spiro atoms. The summed E-state index contributed by atoms with van der Waals surface area (Å²) in [6, 6.07) is 7.53. The van der Waals surface area contributed by atoms with Gasteiger partial charge in [-0.05, 0) is 54.7 Å². The Bertz CT molecular complexity index is 1090. The van der Waals surface area contributed by atoms with E-state index in [-0.39, 0.29) is 12.1 Å². The molecule has 1 saturated carbocycles. The molecule has 2 aromatic carbocycles. The molecular weight excluding hydrogens is 353 g/mol. The van der Waals surface area contributed by atoms with E-state index in [1.165, 1.54) is 18.2 Å². The highest BCUT2D eigenvalue weighted by molar-refractivity contribution is 6.31. The Morgan fingerprint density at radius 2 is 2.15 bits per heavy atom. The fraction of sp³-hybridized carbons (Fsp3) is 0.200. The Labute approximate surface area is 154 Å². The Kier molecular flexibility index (Phi) is 3.93. The van der Waals surface area contributed by atoms with E-state index < -0.39 is 11.7 Å². The van der Waals surface area contributed by atoms with E-state index in [4.69, 9.17) is 23.8 Å². The van der Waals surface area contributed by atoms with Crippen molar-refractivity contribution in [3.05, 3.63) is 52.3 Å². The number of fused-ring (bicyclic) bond motifs is 1. The maximum Gasteiger partial charge on any atom is 0.249 e. The molecule has 26 heavy (non-hydrogen) atoms. The molecule has 0 unspecified atom stereocenters. The van der Waals surface area contributed by atoms with E-state index in [1.54, 1.807) is 10.7 Å². The molecule has 0 saturated heterocycles. The van der Waals surface area contributed by atoms with Crippen LogP contribution in [-0.2, 0) is 6.54 Å². The van der Waals surface area contributed by atoms with E-state index in [0.717, 1.165) is 29.3 Å². The number of terminal acetylenes is 1. The first kappa shape index (κ1) is 16.6. The molecule has 1 aliphatic carbocycles. The van der Waals surface area contributed by atoms with Crippen molar-refractivity contribution >= 4 is 28.4 Å². The van der Waals surface area contributed by atoms with Gasteiger partial charge >= 0.3 is 0 Å². The maximum atomic E-state index is 13.9. The molecule has 4 nitrogen and oxygen atoms in total. The number of nitrogens with zero attached hydrogens (tertiary/aromatic N) is 2. The number of nitrogens with two attached hydrogens (primary N) is 1. The van der Waals surface area contributed by atoms with Crippen molar-refractivity contribution in [1.29, 1.82) is 0 Å². The lowest BCUT2D eigenvalue weighted by molar-refractivity contribution is 0.100. The molecule has 0 atom stereocenters. The van der Waals surface area contributed by atoms with Crippen LogP contribution < -0.4 is 5.73 Å². The lowest BCUT2D eigenvalue weighted by Crippen LogP contribution is -2.12. The summed E-state index contributed by atoms with van der Waals surface area (Å²) in [5.74, 6) is 1.88. The third-order valence-electron chi connectivity index (χ3n) is 4.60. The van der Waals surface area contributed by atoms with E-state index in [2.05, 4.69) is 11.0 Å². The van der Waals surface area contributed by atoms with E-state index in [1.807, 2.05) is 6.07 Å². The number of aromatic nitrogens is 2. The van der Waals surface area contributed by atoms with Gasteiger partial charge in [0.15, 0.2) is 0 Å². The van der Waals surface area contributed by atoms with Crippen LogP contribution in [-0.4, -0.2) is 15.7 Å². The Balaban J connectivity index is 2.08. The van der Waals surface area contributed by atoms with Gasteiger partial charge in [-0.15, -0.1) is 6.42 Å². The first-order valence-electron chi connectivity index (χ1n) is 8.22. The monoisotopic (exact) mass is 367 g/mol. The third kappa shape index (κ3) is 2.73. The van der Waals surface area contributed by atoms with E-state index >= 15 is 0 Å². The van der Waals surface area contributed by atoms with Crippen LogP contribution in [0.5, 0.6) is 0 Å². The number of benzene rings is 2. The van der Waals surface area contributed by atoms with Crippen molar-refractivity contribution in [2.45, 2.75) is 25.3 Å². The molecule has 0 aliphatic heterocycles. The molecule has 2 N–H and O–H groups in total. The Morgan fingerprint density at radius 1 is 1.38 bits per heavy atom. The number of carbonyl (C=O) groups is 1. The van der Waals surface area contributed by atoms with Crippen molar-refractivity contribution in [1.82, 2.24) is 9.78 Å². The minimum atomic E-state index is -0.649. The normalized spacial score (nSPS) is 13.7. The molecule has 1 aromatic heterocycles. The average molecular weight is 368 g/mol. The summed E-state index contributed by atoms with van der Waals surface area (Å²) in [6.45, 7) is 0.263. The second-order valence-electron chi connectivity index (χ2n) is 6.43. The van der Waals surface area contributed by atoms with Crippen LogP contribution >= 0.6 is 11.6 Å². The van der Waals surface area contributed by atoms with Crippen molar-refractivity contribution in [2.24, 2.45) is 5.73 Å². The van der Waals surface area contributed by atoms with E-state index in [9.17, 15) is 9.18 Å². The average Bonchev–Trinajstić information content (AvgIpc) is 3.37. The second-order valence-corrected chi connectivity index (χ2v) is 6.87. The quantitative estimate of drug-likeness (QED) is 0.705. The highest BCUT2D eigenvalue weighted by Crippen LogP contribution is 2.46. The molecule has 3 aromatic rings. The fourth-order valence-corrected chi connectivity index (χ4v) is 3.57. The molecule has 0 radical (unpaired) electrons. The van der Waals surface area contributed by atoms with Gasteiger partial charge in [-0.2, -0.15) is 5.10 Å². The van der Waals surface area contributed by atoms with Crippen LogP contribution in [0, 0.1) is 18.2 Å². The highest BCUT2D eigenvalue weighted by atomic mass is 35.5. The minimum Gasteiger partial charge on any atom is -0.366 e. The number of hydrogen-bond acceptors (Lipinski definition) is 2. The topological polar surface area (TPSA) is 60.9 Å². The molecule has 6 heteroatoms. The third-order valence-corrected chi connectivity index (χ3v) is 4.82. The van der Waals surface area contributed by atoms with Crippen molar-refractivity contribution < 1.29 is 9.18 Å². The predicted octanol–water partition coefficient (Wildman–Crippen LogP) is 4.11. The number of amides is 1. The molecule has 1 aliphatic rings. The van der Waals surface area contributed by atoms with Crippen LogP contribution in [0.4, 0.5) is 4.39 Å². The second kappa shape index (κ2) is 6.15. The summed E-state index contributed by atoms with van der Waals surface area (Å²) in [5.41, 5.74) is 8.42. The van der Waals surface area contributed by atoms with Gasteiger partial charge in [0, 0.05) is 21.5 Å². The van der Waals surface area contributed by atoms with Crippen LogP contribution in [0.15, 0.2) is 30.3 Å². The van der Waals surface area contributed by atoms with Gasteiger partial charge in [0.2, 0.25) is 5.91 Å². The molecule has 1 heterocycles. The zero-order valence-corrected chi connectivity index (χ0v) is 14.6. The van der Waals surface area contributed by atoms with Crippen LogP contribution in [0.1, 0.15) is 34.7 Å². The number of primary amides is 1. The SMILES string of the molecule is C#CCn1nc(-c2cc(F)ccc2C(N)=O)c2cc(Cl)cc(C3CC3)c21. The molecule has 130 valence electrons. The van der Waals surface area contributed by atoms with Gasteiger partial charge in [-0.3, -0.25) is 9.48 Å². The zero-order chi connectivity index (χ0) is 18.4. The minimum absolute atomic E-state index is 0.201. The summed E-state index contributed by atoms with van der Waals surface area (Å²) in [5, 5.41) is 5.89. The van der Waals surface area contributed by atoms with Gasteiger partial charge in [-0.1, -0.05) is 17.5 Å². The van der Waals surface area contributed by atoms with Crippen molar-refractivity contribution in [3.8, 4) is 23.6 Å². The molecule has 4 rings (SSSR count). The number of carbonyl (C=O) groups excluding carboxylic acids is 1. The van der Waals surface area contributed by atoms with Crippen LogP contribution in [0.3, 0.4) is 0 Å². The first-order valence-corrected chi connectivity index (χ1v) is 8.60. The Hall–Kier alpha value is -2.84. The lowest BCUT2D eigenvalue weighted by atomic mass is 9.99. The fourth-order valence-electron chi connectivity index (χ4n) is 3.35. The van der Waals surface area contributed by atoms with Gasteiger partial charge in [0.1, 0.15) is 18.1 Å². The van der Waals surface area contributed by atoms with Gasteiger partial charge in [-0.25, -0.2) is 4.39 Å². The largest absolute Gasteiger partial charge is 0.366 e. The molecular formula is C20H15ClFN3O. The maximum absolute atomic E-state index is 13.9.